The summed E-state index contributed by atoms with van der Waals surface area (Å²) in [6, 6.07) is 0.164. The Balaban J connectivity index is 1.91. The third kappa shape index (κ3) is 5.22. The molecule has 0 bridgehead atoms. The minimum atomic E-state index is -3.28. The Morgan fingerprint density at radius 3 is 2.33 bits per heavy atom. The number of rotatable bonds is 6. The Morgan fingerprint density at radius 2 is 1.71 bits per heavy atom. The van der Waals surface area contributed by atoms with Crippen molar-refractivity contribution in [1.29, 1.82) is 0 Å². The lowest BCUT2D eigenvalue weighted by Crippen LogP contribution is -2.46. The van der Waals surface area contributed by atoms with Gasteiger partial charge in [-0.15, -0.1) is 0 Å². The second-order valence-corrected chi connectivity index (χ2v) is 8.91. The highest BCUT2D eigenvalue weighted by atomic mass is 32.2. The molecule has 2 fully saturated rings. The first-order chi connectivity index (χ1) is 9.99. The fourth-order valence-corrected chi connectivity index (χ4v) is 5.21. The Hall–Kier alpha value is -0.130. The van der Waals surface area contributed by atoms with Gasteiger partial charge < -0.3 is 0 Å². The van der Waals surface area contributed by atoms with Crippen LogP contribution in [-0.4, -0.2) is 31.9 Å². The van der Waals surface area contributed by atoms with Crippen molar-refractivity contribution < 1.29 is 8.42 Å². The Bertz CT molecular complexity index is 401. The average molecular weight is 317 g/mol. The van der Waals surface area contributed by atoms with E-state index in [1.165, 1.54) is 12.8 Å². The molecule has 4 nitrogen and oxygen atoms in total. The fraction of sp³-hybridized carbons (Fsp3) is 1.00. The summed E-state index contributed by atoms with van der Waals surface area (Å²) in [6.45, 7) is 5.87. The molecule has 2 aliphatic rings. The van der Waals surface area contributed by atoms with Crippen LogP contribution in [0.25, 0.3) is 0 Å². The molecule has 0 aromatic rings. The van der Waals surface area contributed by atoms with E-state index >= 15 is 0 Å². The highest BCUT2D eigenvalue weighted by Gasteiger charge is 2.33. The van der Waals surface area contributed by atoms with Crippen LogP contribution in [0.4, 0.5) is 0 Å². The number of nitrogens with zero attached hydrogens (tertiary/aromatic N) is 1. The maximum atomic E-state index is 12.6. The van der Waals surface area contributed by atoms with Gasteiger partial charge in [-0.2, -0.15) is 17.4 Å². The number of hydrogen-bond donors (Lipinski definition) is 1. The van der Waals surface area contributed by atoms with Gasteiger partial charge in [0.15, 0.2) is 0 Å². The molecule has 2 rings (SSSR count). The van der Waals surface area contributed by atoms with Crippen LogP contribution < -0.4 is 4.72 Å². The van der Waals surface area contributed by atoms with E-state index in [1.54, 1.807) is 4.31 Å². The molecule has 0 radical (unpaired) electrons. The molecule has 1 heterocycles. The Labute approximate surface area is 130 Å². The van der Waals surface area contributed by atoms with Crippen LogP contribution >= 0.6 is 0 Å². The lowest BCUT2D eigenvalue weighted by molar-refractivity contribution is 0.361. The van der Waals surface area contributed by atoms with Gasteiger partial charge in [0.05, 0.1) is 0 Å². The van der Waals surface area contributed by atoms with Crippen LogP contribution in [0.2, 0.25) is 0 Å². The van der Waals surface area contributed by atoms with E-state index < -0.39 is 10.2 Å². The molecule has 0 amide bonds. The minimum Gasteiger partial charge on any atom is -0.199 e. The maximum absolute atomic E-state index is 12.6. The summed E-state index contributed by atoms with van der Waals surface area (Å²) in [5.74, 6) is 1.24. The molecule has 1 saturated carbocycles. The van der Waals surface area contributed by atoms with Gasteiger partial charge in [-0.05, 0) is 43.9 Å². The molecule has 0 aromatic heterocycles. The molecule has 124 valence electrons. The largest absolute Gasteiger partial charge is 0.279 e. The van der Waals surface area contributed by atoms with Crippen LogP contribution in [0.3, 0.4) is 0 Å². The summed E-state index contributed by atoms with van der Waals surface area (Å²) in [5, 5.41) is 0. The second-order valence-electron chi connectivity index (χ2n) is 7.20. The highest BCUT2D eigenvalue weighted by molar-refractivity contribution is 7.87. The predicted molar refractivity (Wildman–Crippen MR) is 87.3 cm³/mol. The summed E-state index contributed by atoms with van der Waals surface area (Å²) in [4.78, 5) is 0. The Kier molecular flexibility index (Phi) is 6.51. The first-order valence-electron chi connectivity index (χ1n) is 8.76. The molecular weight excluding hydrogens is 284 g/mol. The molecule has 1 saturated heterocycles. The van der Waals surface area contributed by atoms with Crippen LogP contribution in [0, 0.1) is 11.8 Å². The first-order valence-corrected chi connectivity index (χ1v) is 10.2. The van der Waals surface area contributed by atoms with Crippen molar-refractivity contribution in [2.45, 2.75) is 77.7 Å². The second kappa shape index (κ2) is 7.93. The van der Waals surface area contributed by atoms with E-state index in [2.05, 4.69) is 18.6 Å². The van der Waals surface area contributed by atoms with E-state index in [-0.39, 0.29) is 6.04 Å². The minimum absolute atomic E-state index is 0.164. The summed E-state index contributed by atoms with van der Waals surface area (Å²) in [7, 11) is -3.28. The molecule has 1 aliphatic heterocycles. The summed E-state index contributed by atoms with van der Waals surface area (Å²) in [6.07, 6.45) is 10.0. The van der Waals surface area contributed by atoms with Crippen molar-refractivity contribution in [3.05, 3.63) is 0 Å². The first kappa shape index (κ1) is 17.2. The molecule has 0 unspecified atom stereocenters. The van der Waals surface area contributed by atoms with Crippen LogP contribution in [0.5, 0.6) is 0 Å². The SMILES string of the molecule is CC(C)CC[C@H]1CCC[C@@H]1NS(=O)(=O)N1CCCCCC1. The molecule has 1 aliphatic carbocycles. The number of nitrogens with one attached hydrogen (secondary N) is 1. The zero-order chi connectivity index (χ0) is 15.3. The molecule has 21 heavy (non-hydrogen) atoms. The topological polar surface area (TPSA) is 49.4 Å². The van der Waals surface area contributed by atoms with Gasteiger partial charge in [-0.25, -0.2) is 0 Å². The maximum Gasteiger partial charge on any atom is 0.279 e. The van der Waals surface area contributed by atoms with Gasteiger partial charge in [0, 0.05) is 19.1 Å². The highest BCUT2D eigenvalue weighted by Crippen LogP contribution is 2.31. The smallest absolute Gasteiger partial charge is 0.199 e. The van der Waals surface area contributed by atoms with Crippen molar-refractivity contribution in [2.24, 2.45) is 11.8 Å². The molecule has 0 spiro atoms. The quantitative estimate of drug-likeness (QED) is 0.817. The lowest BCUT2D eigenvalue weighted by Gasteiger charge is -2.26. The van der Waals surface area contributed by atoms with E-state index in [1.807, 2.05) is 0 Å². The third-order valence-electron chi connectivity index (χ3n) is 4.98. The van der Waals surface area contributed by atoms with Gasteiger partial charge in [0.2, 0.25) is 0 Å². The molecule has 2 atom stereocenters. The van der Waals surface area contributed by atoms with Gasteiger partial charge in [-0.3, -0.25) is 0 Å². The monoisotopic (exact) mass is 316 g/mol. The van der Waals surface area contributed by atoms with Gasteiger partial charge >= 0.3 is 0 Å². The lowest BCUT2D eigenvalue weighted by atomic mass is 9.94. The van der Waals surface area contributed by atoms with E-state index in [9.17, 15) is 8.42 Å². The standard InChI is InChI=1S/C16H32N2O2S/c1-14(2)10-11-15-8-7-9-16(15)17-21(19,20)18-12-5-3-4-6-13-18/h14-17H,3-13H2,1-2H3/t15-,16+/m1/s1. The predicted octanol–water partition coefficient (Wildman–Crippen LogP) is 3.30. The van der Waals surface area contributed by atoms with Crippen molar-refractivity contribution in [3.8, 4) is 0 Å². The fourth-order valence-electron chi connectivity index (χ4n) is 3.63. The normalized spacial score (nSPS) is 28.9. The average Bonchev–Trinajstić information content (AvgIpc) is 2.67. The van der Waals surface area contributed by atoms with Crippen molar-refractivity contribution >= 4 is 10.2 Å². The van der Waals surface area contributed by atoms with Crippen molar-refractivity contribution in [1.82, 2.24) is 9.03 Å². The van der Waals surface area contributed by atoms with Crippen molar-refractivity contribution in [2.75, 3.05) is 13.1 Å². The molecule has 1 N–H and O–H groups in total. The zero-order valence-corrected chi connectivity index (χ0v) is 14.5. The molecule has 5 heteroatoms. The van der Waals surface area contributed by atoms with Gasteiger partial charge in [-0.1, -0.05) is 39.5 Å². The Morgan fingerprint density at radius 1 is 1.05 bits per heavy atom. The third-order valence-corrected chi connectivity index (χ3v) is 6.62. The van der Waals surface area contributed by atoms with Crippen LogP contribution in [-0.2, 0) is 10.2 Å². The van der Waals surface area contributed by atoms with Crippen molar-refractivity contribution in [3.63, 3.8) is 0 Å². The van der Waals surface area contributed by atoms with E-state index in [0.29, 0.717) is 24.9 Å². The summed E-state index contributed by atoms with van der Waals surface area (Å²) < 4.78 is 29.9. The number of hydrogen-bond acceptors (Lipinski definition) is 2. The zero-order valence-electron chi connectivity index (χ0n) is 13.7. The van der Waals surface area contributed by atoms with Crippen LogP contribution in [0.15, 0.2) is 0 Å². The van der Waals surface area contributed by atoms with E-state index in [4.69, 9.17) is 0 Å². The summed E-state index contributed by atoms with van der Waals surface area (Å²) in [5.41, 5.74) is 0. The summed E-state index contributed by atoms with van der Waals surface area (Å²) >= 11 is 0. The van der Waals surface area contributed by atoms with Gasteiger partial charge in [0.1, 0.15) is 0 Å². The molecule has 0 aromatic carbocycles. The van der Waals surface area contributed by atoms with Gasteiger partial charge in [0.25, 0.3) is 10.2 Å². The van der Waals surface area contributed by atoms with Crippen LogP contribution in [0.1, 0.15) is 71.6 Å². The molecular formula is C16H32N2O2S. The van der Waals surface area contributed by atoms with E-state index in [0.717, 1.165) is 44.9 Å².